The topological polar surface area (TPSA) is 46.9 Å². The number of amides is 1. The highest BCUT2D eigenvalue weighted by Gasteiger charge is 2.09. The van der Waals surface area contributed by atoms with Crippen LogP contribution < -0.4 is 5.32 Å². The fourth-order valence-corrected chi connectivity index (χ4v) is 2.66. The van der Waals surface area contributed by atoms with Crippen LogP contribution in [-0.2, 0) is 11.3 Å². The van der Waals surface area contributed by atoms with E-state index in [1.165, 1.54) is 12.1 Å². The van der Waals surface area contributed by atoms with Gasteiger partial charge < -0.3 is 5.32 Å². The lowest BCUT2D eigenvalue weighted by atomic mass is 10.2. The second-order valence-electron chi connectivity index (χ2n) is 5.76. The van der Waals surface area contributed by atoms with Gasteiger partial charge in [0.1, 0.15) is 5.82 Å². The molecule has 1 heterocycles. The summed E-state index contributed by atoms with van der Waals surface area (Å²) in [7, 11) is 0. The first-order chi connectivity index (χ1) is 12.5. The van der Waals surface area contributed by atoms with Crippen LogP contribution in [0.15, 0.2) is 60.7 Å². The lowest BCUT2D eigenvalue weighted by Gasteiger charge is -2.05. The van der Waals surface area contributed by atoms with E-state index in [-0.39, 0.29) is 11.7 Å². The van der Waals surface area contributed by atoms with Crippen molar-refractivity contribution in [2.75, 3.05) is 5.32 Å². The van der Waals surface area contributed by atoms with Crippen molar-refractivity contribution in [1.82, 2.24) is 9.78 Å². The molecule has 1 N–H and O–H groups in total. The summed E-state index contributed by atoms with van der Waals surface area (Å²) in [6.07, 6.45) is 3.04. The molecule has 1 amide bonds. The second-order valence-corrected chi connectivity index (χ2v) is 6.17. The average Bonchev–Trinajstić information content (AvgIpc) is 2.95. The number of hydrogen-bond acceptors (Lipinski definition) is 2. The number of aromatic nitrogens is 2. The van der Waals surface area contributed by atoms with Crippen molar-refractivity contribution >= 4 is 29.4 Å². The molecule has 3 aromatic rings. The van der Waals surface area contributed by atoms with Gasteiger partial charge in [0.25, 0.3) is 0 Å². The third-order valence-electron chi connectivity index (χ3n) is 3.83. The van der Waals surface area contributed by atoms with Gasteiger partial charge in [0.05, 0.1) is 6.54 Å². The highest BCUT2D eigenvalue weighted by atomic mass is 35.5. The van der Waals surface area contributed by atoms with Crippen molar-refractivity contribution in [3.05, 3.63) is 88.3 Å². The fraction of sp³-hybridized carbons (Fsp3) is 0.100. The Balaban J connectivity index is 1.68. The normalized spacial score (nSPS) is 11.0. The maximum Gasteiger partial charge on any atom is 0.249 e. The molecule has 6 heteroatoms. The average molecular weight is 370 g/mol. The summed E-state index contributed by atoms with van der Waals surface area (Å²) in [5.74, 6) is -0.191. The van der Waals surface area contributed by atoms with Crippen molar-refractivity contribution in [2.24, 2.45) is 0 Å². The summed E-state index contributed by atoms with van der Waals surface area (Å²) in [5, 5.41) is 7.59. The Morgan fingerprint density at radius 2 is 1.96 bits per heavy atom. The lowest BCUT2D eigenvalue weighted by Crippen LogP contribution is -2.10. The molecule has 0 radical (unpaired) electrons. The molecule has 2 aromatic carbocycles. The zero-order chi connectivity index (χ0) is 18.5. The Labute approximate surface area is 155 Å². The third kappa shape index (κ3) is 4.37. The monoisotopic (exact) mass is 369 g/mol. The summed E-state index contributed by atoms with van der Waals surface area (Å²) < 4.78 is 15.4. The van der Waals surface area contributed by atoms with Crippen molar-refractivity contribution in [3.63, 3.8) is 0 Å². The standard InChI is InChI=1S/C20H17ClFN3O/c1-14-12-19(24-25(14)13-16-7-3-5-9-18(16)22)23-20(26)11-10-15-6-2-4-8-17(15)21/h2-12H,13H2,1H3,(H,23,24,26)/b11-10+. The summed E-state index contributed by atoms with van der Waals surface area (Å²) in [5.41, 5.74) is 2.11. The van der Waals surface area contributed by atoms with Gasteiger partial charge in [-0.2, -0.15) is 5.10 Å². The Bertz CT molecular complexity index is 965. The van der Waals surface area contributed by atoms with Gasteiger partial charge in [-0.15, -0.1) is 0 Å². The molecule has 26 heavy (non-hydrogen) atoms. The highest BCUT2D eigenvalue weighted by Crippen LogP contribution is 2.17. The molecular formula is C20H17ClFN3O. The summed E-state index contributed by atoms with van der Waals surface area (Å²) in [6.45, 7) is 2.15. The molecular weight excluding hydrogens is 353 g/mol. The van der Waals surface area contributed by atoms with E-state index >= 15 is 0 Å². The SMILES string of the molecule is Cc1cc(NC(=O)/C=C/c2ccccc2Cl)nn1Cc1ccccc1F. The number of carbonyl (C=O) groups excluding carboxylic acids is 1. The van der Waals surface area contributed by atoms with Gasteiger partial charge in [-0.1, -0.05) is 48.0 Å². The van der Waals surface area contributed by atoms with Gasteiger partial charge >= 0.3 is 0 Å². The van der Waals surface area contributed by atoms with E-state index in [9.17, 15) is 9.18 Å². The molecule has 0 fully saturated rings. The van der Waals surface area contributed by atoms with Crippen LogP contribution >= 0.6 is 11.6 Å². The van der Waals surface area contributed by atoms with Crippen LogP contribution in [0.5, 0.6) is 0 Å². The van der Waals surface area contributed by atoms with Crippen molar-refractivity contribution in [2.45, 2.75) is 13.5 Å². The maximum atomic E-state index is 13.8. The number of nitrogens with zero attached hydrogens (tertiary/aromatic N) is 2. The molecule has 0 aliphatic rings. The number of nitrogens with one attached hydrogen (secondary N) is 1. The minimum atomic E-state index is -0.319. The fourth-order valence-electron chi connectivity index (χ4n) is 2.46. The third-order valence-corrected chi connectivity index (χ3v) is 4.17. The number of carbonyl (C=O) groups is 1. The van der Waals surface area contributed by atoms with Crippen LogP contribution in [0.4, 0.5) is 10.2 Å². The first-order valence-electron chi connectivity index (χ1n) is 8.04. The Kier molecular flexibility index (Phi) is 5.49. The van der Waals surface area contributed by atoms with Gasteiger partial charge in [0.15, 0.2) is 5.82 Å². The van der Waals surface area contributed by atoms with E-state index in [2.05, 4.69) is 10.4 Å². The predicted molar refractivity (Wildman–Crippen MR) is 102 cm³/mol. The smallest absolute Gasteiger partial charge is 0.249 e. The molecule has 4 nitrogen and oxygen atoms in total. The molecule has 0 aliphatic carbocycles. The first-order valence-corrected chi connectivity index (χ1v) is 8.42. The molecule has 3 rings (SSSR count). The van der Waals surface area contributed by atoms with Crippen molar-refractivity contribution < 1.29 is 9.18 Å². The number of anilines is 1. The zero-order valence-electron chi connectivity index (χ0n) is 14.1. The summed E-state index contributed by atoms with van der Waals surface area (Å²) in [4.78, 5) is 12.1. The summed E-state index contributed by atoms with van der Waals surface area (Å²) in [6, 6.07) is 15.5. The van der Waals surface area contributed by atoms with Gasteiger partial charge in [-0.25, -0.2) is 4.39 Å². The van der Waals surface area contributed by atoms with E-state index in [0.717, 1.165) is 11.3 Å². The number of aryl methyl sites for hydroxylation is 1. The van der Waals surface area contributed by atoms with E-state index < -0.39 is 0 Å². The summed E-state index contributed by atoms with van der Waals surface area (Å²) >= 11 is 6.05. The molecule has 1 aromatic heterocycles. The van der Waals surface area contributed by atoms with Crippen LogP contribution in [0.25, 0.3) is 6.08 Å². The molecule has 0 unspecified atom stereocenters. The van der Waals surface area contributed by atoms with Crippen LogP contribution in [0.1, 0.15) is 16.8 Å². The number of halogens is 2. The van der Waals surface area contributed by atoms with Gasteiger partial charge in [0.2, 0.25) is 5.91 Å². The van der Waals surface area contributed by atoms with E-state index in [1.807, 2.05) is 25.1 Å². The molecule has 0 aliphatic heterocycles. The first kappa shape index (κ1) is 17.9. The van der Waals surface area contributed by atoms with Crippen LogP contribution in [0.2, 0.25) is 5.02 Å². The quantitative estimate of drug-likeness (QED) is 0.663. The van der Waals surface area contributed by atoms with Gasteiger partial charge in [-0.3, -0.25) is 9.48 Å². The molecule has 0 spiro atoms. The number of rotatable bonds is 5. The molecule has 0 saturated carbocycles. The minimum absolute atomic E-state index is 0.282. The number of benzene rings is 2. The van der Waals surface area contributed by atoms with Crippen LogP contribution in [-0.4, -0.2) is 15.7 Å². The van der Waals surface area contributed by atoms with Gasteiger partial charge in [-0.05, 0) is 30.7 Å². The second kappa shape index (κ2) is 7.97. The van der Waals surface area contributed by atoms with Crippen LogP contribution in [0, 0.1) is 12.7 Å². The van der Waals surface area contributed by atoms with E-state index in [4.69, 9.17) is 11.6 Å². The zero-order valence-corrected chi connectivity index (χ0v) is 14.9. The molecule has 132 valence electrons. The van der Waals surface area contributed by atoms with Crippen LogP contribution in [0.3, 0.4) is 0 Å². The molecule has 0 atom stereocenters. The Morgan fingerprint density at radius 1 is 1.23 bits per heavy atom. The minimum Gasteiger partial charge on any atom is -0.306 e. The van der Waals surface area contributed by atoms with E-state index in [0.29, 0.717) is 22.9 Å². The lowest BCUT2D eigenvalue weighted by molar-refractivity contribution is -0.111. The van der Waals surface area contributed by atoms with Crippen molar-refractivity contribution in [1.29, 1.82) is 0 Å². The Hall–Kier alpha value is -2.92. The molecule has 0 bridgehead atoms. The number of hydrogen-bond donors (Lipinski definition) is 1. The van der Waals surface area contributed by atoms with Gasteiger partial charge in [0, 0.05) is 28.4 Å². The largest absolute Gasteiger partial charge is 0.306 e. The predicted octanol–water partition coefficient (Wildman–Crippen LogP) is 4.68. The Morgan fingerprint density at radius 3 is 2.73 bits per heavy atom. The highest BCUT2D eigenvalue weighted by molar-refractivity contribution is 6.32. The van der Waals surface area contributed by atoms with E-state index in [1.54, 1.807) is 41.1 Å². The van der Waals surface area contributed by atoms with Crippen molar-refractivity contribution in [3.8, 4) is 0 Å². The molecule has 0 saturated heterocycles. The maximum absolute atomic E-state index is 13.8.